The van der Waals surface area contributed by atoms with E-state index in [1.807, 2.05) is 18.3 Å². The molecule has 1 aliphatic rings. The fourth-order valence-electron chi connectivity index (χ4n) is 7.39. The Hall–Kier alpha value is -6.32. The SMILES string of the molecule is CC1(C)c2ccccc2-c2ccc(-c3cc(-c4ccc(-c5ccc(-c6ccc[nH]6)cc5)cc4)nc(-c4cccc(-c5ccccc5)c4)n3)cc21. The largest absolute Gasteiger partial charge is 0.361 e. The van der Waals surface area contributed by atoms with E-state index in [-0.39, 0.29) is 5.41 Å². The van der Waals surface area contributed by atoms with Crippen molar-refractivity contribution in [3.8, 4) is 78.5 Å². The molecule has 0 atom stereocenters. The third-order valence-electron chi connectivity index (χ3n) is 10.1. The van der Waals surface area contributed by atoms with Crippen LogP contribution in [0, 0.1) is 0 Å². The number of aromatic nitrogens is 3. The zero-order chi connectivity index (χ0) is 33.7. The highest BCUT2D eigenvalue weighted by Crippen LogP contribution is 2.49. The maximum atomic E-state index is 5.24. The van der Waals surface area contributed by atoms with Crippen molar-refractivity contribution in [1.29, 1.82) is 0 Å². The Bertz CT molecular complexity index is 2470. The number of aromatic amines is 1. The molecule has 0 amide bonds. The van der Waals surface area contributed by atoms with Crippen LogP contribution in [0.3, 0.4) is 0 Å². The second kappa shape index (κ2) is 12.0. The average molecular weight is 642 g/mol. The first-order chi connectivity index (χ1) is 24.5. The molecule has 1 aliphatic carbocycles. The first kappa shape index (κ1) is 29.8. The first-order valence-corrected chi connectivity index (χ1v) is 17.2. The molecular weight excluding hydrogens is 607 g/mol. The van der Waals surface area contributed by atoms with Crippen molar-refractivity contribution < 1.29 is 0 Å². The molecule has 8 aromatic rings. The Morgan fingerprint density at radius 1 is 0.400 bits per heavy atom. The van der Waals surface area contributed by atoms with Crippen LogP contribution in [0.1, 0.15) is 25.0 Å². The zero-order valence-corrected chi connectivity index (χ0v) is 28.1. The van der Waals surface area contributed by atoms with Crippen LogP contribution in [0.5, 0.6) is 0 Å². The van der Waals surface area contributed by atoms with Crippen LogP contribution in [0.15, 0.2) is 170 Å². The van der Waals surface area contributed by atoms with Crippen LogP contribution >= 0.6 is 0 Å². The number of fused-ring (bicyclic) bond motifs is 3. The summed E-state index contributed by atoms with van der Waals surface area (Å²) in [5.74, 6) is 0.710. The number of H-pyrrole nitrogens is 1. The molecule has 0 aliphatic heterocycles. The predicted molar refractivity (Wildman–Crippen MR) is 207 cm³/mol. The maximum Gasteiger partial charge on any atom is 0.160 e. The lowest BCUT2D eigenvalue weighted by Crippen LogP contribution is -2.14. The fraction of sp³-hybridized carbons (Fsp3) is 0.0638. The number of hydrogen-bond donors (Lipinski definition) is 1. The molecule has 3 nitrogen and oxygen atoms in total. The molecule has 0 radical (unpaired) electrons. The van der Waals surface area contributed by atoms with Gasteiger partial charge in [0, 0.05) is 34.0 Å². The van der Waals surface area contributed by atoms with Crippen molar-refractivity contribution in [2.75, 3.05) is 0 Å². The summed E-state index contributed by atoms with van der Waals surface area (Å²) in [6, 6.07) is 58.3. The number of rotatable bonds is 6. The molecule has 9 rings (SSSR count). The van der Waals surface area contributed by atoms with E-state index in [0.29, 0.717) is 5.82 Å². The second-order valence-electron chi connectivity index (χ2n) is 13.6. The van der Waals surface area contributed by atoms with Crippen molar-refractivity contribution in [2.24, 2.45) is 0 Å². The summed E-state index contributed by atoms with van der Waals surface area (Å²) < 4.78 is 0. The lowest BCUT2D eigenvalue weighted by Gasteiger charge is -2.22. The summed E-state index contributed by atoms with van der Waals surface area (Å²) in [5.41, 5.74) is 17.1. The summed E-state index contributed by atoms with van der Waals surface area (Å²) in [4.78, 5) is 13.7. The number of benzene rings is 6. The van der Waals surface area contributed by atoms with E-state index in [0.717, 1.165) is 44.9 Å². The van der Waals surface area contributed by atoms with E-state index < -0.39 is 0 Å². The molecule has 6 aromatic carbocycles. The molecule has 238 valence electrons. The van der Waals surface area contributed by atoms with Gasteiger partial charge in [-0.3, -0.25) is 0 Å². The topological polar surface area (TPSA) is 41.6 Å². The quantitative estimate of drug-likeness (QED) is 0.196. The Labute approximate surface area is 293 Å². The lowest BCUT2D eigenvalue weighted by molar-refractivity contribution is 0.660. The molecular formula is C47H35N3. The zero-order valence-electron chi connectivity index (χ0n) is 28.1. The second-order valence-corrected chi connectivity index (χ2v) is 13.6. The van der Waals surface area contributed by atoms with Gasteiger partial charge in [0.1, 0.15) is 0 Å². The Morgan fingerprint density at radius 3 is 1.72 bits per heavy atom. The van der Waals surface area contributed by atoms with E-state index in [4.69, 9.17) is 9.97 Å². The number of nitrogens with one attached hydrogen (secondary N) is 1. The van der Waals surface area contributed by atoms with Gasteiger partial charge in [0.15, 0.2) is 5.82 Å². The highest BCUT2D eigenvalue weighted by Gasteiger charge is 2.35. The van der Waals surface area contributed by atoms with E-state index in [1.54, 1.807) is 0 Å². The molecule has 0 bridgehead atoms. The van der Waals surface area contributed by atoms with E-state index >= 15 is 0 Å². The Balaban J connectivity index is 1.13. The van der Waals surface area contributed by atoms with Crippen molar-refractivity contribution in [1.82, 2.24) is 15.0 Å². The van der Waals surface area contributed by atoms with E-state index in [9.17, 15) is 0 Å². The van der Waals surface area contributed by atoms with Crippen molar-refractivity contribution >= 4 is 0 Å². The molecule has 0 unspecified atom stereocenters. The minimum absolute atomic E-state index is 0.0971. The summed E-state index contributed by atoms with van der Waals surface area (Å²) >= 11 is 0. The molecule has 50 heavy (non-hydrogen) atoms. The van der Waals surface area contributed by atoms with E-state index in [2.05, 4.69) is 170 Å². The minimum atomic E-state index is -0.0971. The first-order valence-electron chi connectivity index (χ1n) is 17.2. The number of nitrogens with zero attached hydrogens (tertiary/aromatic N) is 2. The van der Waals surface area contributed by atoms with Crippen molar-refractivity contribution in [3.63, 3.8) is 0 Å². The van der Waals surface area contributed by atoms with Crippen LogP contribution in [-0.2, 0) is 5.41 Å². The van der Waals surface area contributed by atoms with Crippen molar-refractivity contribution in [3.05, 3.63) is 181 Å². The third kappa shape index (κ3) is 5.24. The van der Waals surface area contributed by atoms with Gasteiger partial charge in [-0.2, -0.15) is 0 Å². The van der Waals surface area contributed by atoms with Crippen LogP contribution in [0.25, 0.3) is 78.5 Å². The van der Waals surface area contributed by atoms with Crippen LogP contribution in [0.4, 0.5) is 0 Å². The Kier molecular flexibility index (Phi) is 7.14. The monoisotopic (exact) mass is 641 g/mol. The van der Waals surface area contributed by atoms with Gasteiger partial charge in [0.2, 0.25) is 0 Å². The normalized spacial score (nSPS) is 12.8. The smallest absolute Gasteiger partial charge is 0.160 e. The summed E-state index contributed by atoms with van der Waals surface area (Å²) in [5, 5.41) is 0. The van der Waals surface area contributed by atoms with Crippen molar-refractivity contribution in [2.45, 2.75) is 19.3 Å². The standard InChI is InChI=1S/C47H35N3/c1-47(2)41-15-7-6-14-39(41)40-26-25-37(29-42(40)47)45-30-44(49-46(50-45)38-13-8-12-36(28-38)31-10-4-3-5-11-31)35-23-19-33(20-24-35)32-17-21-34(22-18-32)43-16-9-27-48-43/h3-30,48H,1-2H3. The van der Waals surface area contributed by atoms with Gasteiger partial charge in [-0.15, -0.1) is 0 Å². The highest BCUT2D eigenvalue weighted by atomic mass is 14.9. The van der Waals surface area contributed by atoms with Gasteiger partial charge in [-0.1, -0.05) is 147 Å². The van der Waals surface area contributed by atoms with Gasteiger partial charge in [-0.05, 0) is 80.4 Å². The Morgan fingerprint density at radius 2 is 0.980 bits per heavy atom. The average Bonchev–Trinajstić information content (AvgIpc) is 3.80. The van der Waals surface area contributed by atoms with Crippen LogP contribution < -0.4 is 0 Å². The van der Waals surface area contributed by atoms with Gasteiger partial charge in [0.25, 0.3) is 0 Å². The minimum Gasteiger partial charge on any atom is -0.361 e. The molecule has 0 fully saturated rings. The number of hydrogen-bond acceptors (Lipinski definition) is 2. The summed E-state index contributed by atoms with van der Waals surface area (Å²) in [6.45, 7) is 4.64. The van der Waals surface area contributed by atoms with Crippen LogP contribution in [-0.4, -0.2) is 15.0 Å². The lowest BCUT2D eigenvalue weighted by atomic mass is 9.82. The summed E-state index contributed by atoms with van der Waals surface area (Å²) in [6.07, 6.45) is 1.95. The molecule has 1 N–H and O–H groups in total. The van der Waals surface area contributed by atoms with Gasteiger partial charge in [0.05, 0.1) is 11.4 Å². The maximum absolute atomic E-state index is 5.24. The molecule has 0 saturated carbocycles. The molecule has 3 heteroatoms. The fourth-order valence-corrected chi connectivity index (χ4v) is 7.39. The van der Waals surface area contributed by atoms with Crippen LogP contribution in [0.2, 0.25) is 0 Å². The molecule has 0 saturated heterocycles. The summed E-state index contributed by atoms with van der Waals surface area (Å²) in [7, 11) is 0. The van der Waals surface area contributed by atoms with Gasteiger partial charge >= 0.3 is 0 Å². The van der Waals surface area contributed by atoms with E-state index in [1.165, 1.54) is 38.9 Å². The predicted octanol–water partition coefficient (Wildman–Crippen LogP) is 12.1. The molecule has 2 heterocycles. The molecule has 2 aromatic heterocycles. The highest BCUT2D eigenvalue weighted by molar-refractivity contribution is 5.84. The third-order valence-corrected chi connectivity index (χ3v) is 10.1. The molecule has 0 spiro atoms. The van der Waals surface area contributed by atoms with Gasteiger partial charge in [-0.25, -0.2) is 9.97 Å². The van der Waals surface area contributed by atoms with Gasteiger partial charge < -0.3 is 4.98 Å².